The fourth-order valence-electron chi connectivity index (χ4n) is 3.29. The molecule has 1 aromatic heterocycles. The number of carbonyl (C=O) groups excluding carboxylic acids is 1. The van der Waals surface area contributed by atoms with Crippen molar-refractivity contribution < 1.29 is 19.4 Å². The van der Waals surface area contributed by atoms with Gasteiger partial charge < -0.3 is 25.2 Å². The standard InChI is InChI=1S/C13H16N2O2.C7H10ClN3O2/c1-16-12-3-2-11(13-10(12)4-5-14-13)15-6-8-17-9-7-15;8-1-6(4-12)11-3-5(2-10-11)7(9)13/h2-3,5H,4,6-9H2,1H3;2-3,6,12H,1,4H2,(H2,9,13). The van der Waals surface area contributed by atoms with E-state index in [-0.39, 0.29) is 18.5 Å². The van der Waals surface area contributed by atoms with E-state index in [1.165, 1.54) is 28.3 Å². The molecule has 2 aliphatic rings. The minimum Gasteiger partial charge on any atom is -0.496 e. The number of amides is 1. The molecule has 0 radical (unpaired) electrons. The van der Waals surface area contributed by atoms with Crippen LogP contribution in [0.2, 0.25) is 0 Å². The van der Waals surface area contributed by atoms with Crippen LogP contribution in [0.15, 0.2) is 29.5 Å². The molecule has 1 unspecified atom stereocenters. The molecule has 0 bridgehead atoms. The Morgan fingerprint density at radius 3 is 2.77 bits per heavy atom. The van der Waals surface area contributed by atoms with E-state index >= 15 is 0 Å². The summed E-state index contributed by atoms with van der Waals surface area (Å²) >= 11 is 5.55. The molecule has 4 rings (SSSR count). The van der Waals surface area contributed by atoms with Crippen molar-refractivity contribution in [3.05, 3.63) is 35.7 Å². The van der Waals surface area contributed by atoms with Crippen LogP contribution < -0.4 is 15.4 Å². The molecule has 1 amide bonds. The predicted octanol–water partition coefficient (Wildman–Crippen LogP) is 1.54. The second kappa shape index (κ2) is 10.4. The molecule has 1 fully saturated rings. The van der Waals surface area contributed by atoms with E-state index in [9.17, 15) is 4.79 Å². The lowest BCUT2D eigenvalue weighted by Gasteiger charge is -2.30. The highest BCUT2D eigenvalue weighted by Gasteiger charge is 2.21. The number of nitrogens with zero attached hydrogens (tertiary/aromatic N) is 4. The first-order valence-corrected chi connectivity index (χ1v) is 10.2. The van der Waals surface area contributed by atoms with Crippen LogP contribution in [0.3, 0.4) is 0 Å². The lowest BCUT2D eigenvalue weighted by Crippen LogP contribution is -2.36. The maximum atomic E-state index is 10.7. The van der Waals surface area contributed by atoms with Crippen molar-refractivity contribution in [1.29, 1.82) is 0 Å². The maximum absolute atomic E-state index is 10.7. The Hall–Kier alpha value is -2.62. The summed E-state index contributed by atoms with van der Waals surface area (Å²) in [6.07, 6.45) is 5.64. The third kappa shape index (κ3) is 4.92. The van der Waals surface area contributed by atoms with Crippen LogP contribution in [0.5, 0.6) is 5.75 Å². The number of morpholine rings is 1. The number of hydrogen-bond donors (Lipinski definition) is 2. The summed E-state index contributed by atoms with van der Waals surface area (Å²) in [5, 5.41) is 12.7. The first kappa shape index (κ1) is 22.1. The number of anilines is 1. The molecule has 0 spiro atoms. The lowest BCUT2D eigenvalue weighted by molar-refractivity contribution is 0.1000. The van der Waals surface area contributed by atoms with Crippen LogP contribution in [-0.4, -0.2) is 72.9 Å². The number of primary amides is 1. The molecule has 1 aromatic carbocycles. The molecule has 2 aliphatic heterocycles. The number of hydrogen-bond acceptors (Lipinski definition) is 7. The Morgan fingerprint density at radius 2 is 2.17 bits per heavy atom. The fourth-order valence-corrected chi connectivity index (χ4v) is 3.53. The summed E-state index contributed by atoms with van der Waals surface area (Å²) in [6.45, 7) is 3.35. The molecule has 162 valence electrons. The summed E-state index contributed by atoms with van der Waals surface area (Å²) in [4.78, 5) is 17.5. The zero-order valence-corrected chi connectivity index (χ0v) is 17.6. The second-order valence-corrected chi connectivity index (χ2v) is 7.10. The average Bonchev–Trinajstić information content (AvgIpc) is 3.45. The van der Waals surface area contributed by atoms with Crippen molar-refractivity contribution >= 4 is 35.1 Å². The van der Waals surface area contributed by atoms with Gasteiger partial charge in [-0.2, -0.15) is 5.10 Å². The van der Waals surface area contributed by atoms with Gasteiger partial charge in [0.1, 0.15) is 5.75 Å². The number of rotatable bonds is 6. The molecule has 2 aromatic rings. The molecule has 3 N–H and O–H groups in total. The molecular weight excluding hydrogens is 410 g/mol. The molecular formula is C20H26ClN5O4. The summed E-state index contributed by atoms with van der Waals surface area (Å²) in [6, 6.07) is 3.83. The number of alkyl halides is 1. The minimum atomic E-state index is -0.544. The topological polar surface area (TPSA) is 115 Å². The van der Waals surface area contributed by atoms with E-state index < -0.39 is 5.91 Å². The average molecular weight is 436 g/mol. The van der Waals surface area contributed by atoms with E-state index in [1.807, 2.05) is 12.3 Å². The fraction of sp³-hybridized carbons (Fsp3) is 0.450. The van der Waals surface area contributed by atoms with E-state index in [1.54, 1.807) is 7.11 Å². The Labute approximate surface area is 180 Å². The molecule has 1 atom stereocenters. The van der Waals surface area contributed by atoms with Gasteiger partial charge in [-0.05, 0) is 12.1 Å². The highest BCUT2D eigenvalue weighted by molar-refractivity contribution is 6.18. The molecule has 0 saturated carbocycles. The number of benzene rings is 1. The number of fused-ring (bicyclic) bond motifs is 1. The van der Waals surface area contributed by atoms with Crippen LogP contribution in [0.25, 0.3) is 0 Å². The van der Waals surface area contributed by atoms with Gasteiger partial charge >= 0.3 is 0 Å². The number of aliphatic imine (C=N–C) groups is 1. The summed E-state index contributed by atoms with van der Waals surface area (Å²) in [7, 11) is 1.71. The third-order valence-electron chi connectivity index (χ3n) is 4.95. The number of aliphatic hydroxyl groups is 1. The van der Waals surface area contributed by atoms with Gasteiger partial charge in [0.25, 0.3) is 5.91 Å². The number of nitrogens with two attached hydrogens (primary N) is 1. The zero-order valence-electron chi connectivity index (χ0n) is 16.8. The quantitative estimate of drug-likeness (QED) is 0.665. The third-order valence-corrected chi connectivity index (χ3v) is 5.31. The van der Waals surface area contributed by atoms with E-state index in [0.717, 1.165) is 44.2 Å². The molecule has 3 heterocycles. The Balaban J connectivity index is 0.000000178. The van der Waals surface area contributed by atoms with Crippen LogP contribution in [-0.2, 0) is 11.2 Å². The number of aromatic nitrogens is 2. The normalized spacial score (nSPS) is 15.9. The smallest absolute Gasteiger partial charge is 0.251 e. The predicted molar refractivity (Wildman–Crippen MR) is 115 cm³/mol. The highest BCUT2D eigenvalue weighted by Crippen LogP contribution is 2.40. The zero-order chi connectivity index (χ0) is 21.5. The summed E-state index contributed by atoms with van der Waals surface area (Å²) in [5.74, 6) is 0.628. The number of aliphatic hydroxyl groups excluding tert-OH is 1. The molecule has 1 saturated heterocycles. The largest absolute Gasteiger partial charge is 0.496 e. The molecule has 0 aliphatic carbocycles. The number of carbonyl (C=O) groups is 1. The maximum Gasteiger partial charge on any atom is 0.251 e. The van der Waals surface area contributed by atoms with Crippen LogP contribution >= 0.6 is 11.6 Å². The van der Waals surface area contributed by atoms with E-state index in [0.29, 0.717) is 5.56 Å². The number of methoxy groups -OCH3 is 1. The molecule has 9 nitrogen and oxygen atoms in total. The number of halogens is 1. The monoisotopic (exact) mass is 435 g/mol. The lowest BCUT2D eigenvalue weighted by atomic mass is 10.1. The van der Waals surface area contributed by atoms with Gasteiger partial charge in [0, 0.05) is 43.4 Å². The number of ether oxygens (including phenoxy) is 2. The Kier molecular flexibility index (Phi) is 7.67. The second-order valence-electron chi connectivity index (χ2n) is 6.79. The van der Waals surface area contributed by atoms with Crippen molar-refractivity contribution in [2.45, 2.75) is 12.5 Å². The first-order chi connectivity index (χ1) is 14.6. The van der Waals surface area contributed by atoms with Gasteiger partial charge in [-0.1, -0.05) is 0 Å². The van der Waals surface area contributed by atoms with Gasteiger partial charge in [-0.15, -0.1) is 11.6 Å². The molecule has 30 heavy (non-hydrogen) atoms. The summed E-state index contributed by atoms with van der Waals surface area (Å²) in [5.41, 5.74) is 8.82. The van der Waals surface area contributed by atoms with Crippen molar-refractivity contribution in [3.63, 3.8) is 0 Å². The van der Waals surface area contributed by atoms with Crippen molar-refractivity contribution in [1.82, 2.24) is 9.78 Å². The Morgan fingerprint density at radius 1 is 1.40 bits per heavy atom. The van der Waals surface area contributed by atoms with Crippen LogP contribution in [0.4, 0.5) is 11.4 Å². The SMILES string of the molecule is COc1ccc(N2CCOCC2)c2c1CC=N2.NC(=O)c1cnn(C(CO)CCl)c1. The Bertz CT molecular complexity index is 891. The first-order valence-electron chi connectivity index (χ1n) is 9.64. The minimum absolute atomic E-state index is 0.122. The molecule has 10 heteroatoms. The van der Waals surface area contributed by atoms with E-state index in [2.05, 4.69) is 21.1 Å². The van der Waals surface area contributed by atoms with Crippen LogP contribution in [0.1, 0.15) is 22.0 Å². The van der Waals surface area contributed by atoms with Crippen molar-refractivity contribution in [2.24, 2.45) is 10.7 Å². The van der Waals surface area contributed by atoms with Gasteiger partial charge in [0.05, 0.1) is 56.1 Å². The highest BCUT2D eigenvalue weighted by atomic mass is 35.5. The van der Waals surface area contributed by atoms with Crippen molar-refractivity contribution in [2.75, 3.05) is 50.8 Å². The van der Waals surface area contributed by atoms with Crippen LogP contribution in [0, 0.1) is 0 Å². The van der Waals surface area contributed by atoms with Gasteiger partial charge in [0.2, 0.25) is 0 Å². The van der Waals surface area contributed by atoms with Gasteiger partial charge in [-0.25, -0.2) is 0 Å². The van der Waals surface area contributed by atoms with Gasteiger partial charge in [-0.3, -0.25) is 14.5 Å². The van der Waals surface area contributed by atoms with Gasteiger partial charge in [0.15, 0.2) is 0 Å². The van der Waals surface area contributed by atoms with Crippen molar-refractivity contribution in [3.8, 4) is 5.75 Å². The summed E-state index contributed by atoms with van der Waals surface area (Å²) < 4.78 is 12.2. The van der Waals surface area contributed by atoms with E-state index in [4.69, 9.17) is 31.9 Å².